The first-order chi connectivity index (χ1) is 11.0. The average molecular weight is 349 g/mol. The highest BCUT2D eigenvalue weighted by molar-refractivity contribution is 7.98. The lowest BCUT2D eigenvalue weighted by molar-refractivity contribution is 0.0702. The summed E-state index contributed by atoms with van der Waals surface area (Å²) in [7, 11) is 0. The van der Waals surface area contributed by atoms with E-state index in [1.54, 1.807) is 22.0 Å². The first kappa shape index (κ1) is 17.6. The molecule has 0 fully saturated rings. The number of amides is 1. The molecule has 1 amide bonds. The van der Waals surface area contributed by atoms with Crippen LogP contribution in [0.1, 0.15) is 32.5 Å². The van der Waals surface area contributed by atoms with Crippen LogP contribution in [0, 0.1) is 0 Å². The lowest BCUT2D eigenvalue weighted by atomic mass is 10.1. The van der Waals surface area contributed by atoms with Crippen molar-refractivity contribution in [3.8, 4) is 0 Å². The van der Waals surface area contributed by atoms with Crippen molar-refractivity contribution in [1.82, 2.24) is 4.90 Å². The zero-order chi connectivity index (χ0) is 16.8. The summed E-state index contributed by atoms with van der Waals surface area (Å²) in [6.45, 7) is 3.14. The van der Waals surface area contributed by atoms with Crippen LogP contribution in [0.5, 0.6) is 0 Å². The topological polar surface area (TPSA) is 57.6 Å². The molecule has 23 heavy (non-hydrogen) atoms. The van der Waals surface area contributed by atoms with Gasteiger partial charge >= 0.3 is 5.97 Å². The highest BCUT2D eigenvalue weighted by atomic mass is 32.2. The van der Waals surface area contributed by atoms with Crippen LogP contribution in [-0.4, -0.2) is 41.2 Å². The SMILES string of the molecule is CCN(CCc1cccc(SC)c1)C(=O)c1csc(C(=O)O)c1. The fourth-order valence-electron chi connectivity index (χ4n) is 2.24. The third kappa shape index (κ3) is 4.59. The van der Waals surface area contributed by atoms with Crippen molar-refractivity contribution in [1.29, 1.82) is 0 Å². The van der Waals surface area contributed by atoms with Crippen molar-refractivity contribution >= 4 is 35.0 Å². The van der Waals surface area contributed by atoms with Crippen LogP contribution in [0.3, 0.4) is 0 Å². The van der Waals surface area contributed by atoms with E-state index in [-0.39, 0.29) is 10.8 Å². The van der Waals surface area contributed by atoms with Crippen LogP contribution in [0.4, 0.5) is 0 Å². The number of hydrogen-bond donors (Lipinski definition) is 1. The van der Waals surface area contributed by atoms with Crippen molar-refractivity contribution in [3.05, 3.63) is 51.7 Å². The zero-order valence-electron chi connectivity index (χ0n) is 13.1. The molecule has 2 aromatic rings. The number of rotatable bonds is 7. The minimum absolute atomic E-state index is 0.114. The standard InChI is InChI=1S/C17H19NO3S2/c1-3-18(8-7-12-5-4-6-14(9-12)22-2)16(19)13-10-15(17(20)21)23-11-13/h4-6,9-11H,3,7-8H2,1-2H3,(H,20,21). The Hall–Kier alpha value is -1.79. The van der Waals surface area contributed by atoms with E-state index in [4.69, 9.17) is 5.11 Å². The van der Waals surface area contributed by atoms with E-state index in [1.807, 2.05) is 19.2 Å². The second-order valence-corrected chi connectivity index (χ2v) is 6.78. The first-order valence-corrected chi connectivity index (χ1v) is 9.39. The Kier molecular flexibility index (Phi) is 6.24. The molecule has 0 saturated heterocycles. The molecule has 0 aliphatic carbocycles. The monoisotopic (exact) mass is 349 g/mol. The van der Waals surface area contributed by atoms with Gasteiger partial charge < -0.3 is 10.0 Å². The third-order valence-corrected chi connectivity index (χ3v) is 5.17. The Balaban J connectivity index is 2.03. The van der Waals surface area contributed by atoms with E-state index in [2.05, 4.69) is 18.2 Å². The Morgan fingerprint density at radius 1 is 1.30 bits per heavy atom. The maximum Gasteiger partial charge on any atom is 0.345 e. The van der Waals surface area contributed by atoms with E-state index in [9.17, 15) is 9.59 Å². The summed E-state index contributed by atoms with van der Waals surface area (Å²) in [4.78, 5) is 26.6. The lowest BCUT2D eigenvalue weighted by Gasteiger charge is -2.20. The number of carbonyl (C=O) groups excluding carboxylic acids is 1. The van der Waals surface area contributed by atoms with Crippen molar-refractivity contribution in [2.24, 2.45) is 0 Å². The van der Waals surface area contributed by atoms with Crippen LogP contribution in [-0.2, 0) is 6.42 Å². The molecule has 0 aliphatic heterocycles. The van der Waals surface area contributed by atoms with Crippen molar-refractivity contribution in [3.63, 3.8) is 0 Å². The number of aromatic carboxylic acids is 1. The zero-order valence-corrected chi connectivity index (χ0v) is 14.7. The van der Waals surface area contributed by atoms with Gasteiger partial charge in [-0.2, -0.15) is 0 Å². The molecule has 1 aromatic heterocycles. The molecule has 4 nitrogen and oxygen atoms in total. The van der Waals surface area contributed by atoms with Gasteiger partial charge in [-0.15, -0.1) is 23.1 Å². The number of thiophene rings is 1. The number of benzene rings is 1. The maximum atomic E-state index is 12.5. The Labute approximate surface area is 144 Å². The summed E-state index contributed by atoms with van der Waals surface area (Å²) in [5.41, 5.74) is 1.65. The molecule has 0 atom stereocenters. The summed E-state index contributed by atoms with van der Waals surface area (Å²) < 4.78 is 0. The highest BCUT2D eigenvalue weighted by Crippen LogP contribution is 2.18. The Morgan fingerprint density at radius 2 is 2.09 bits per heavy atom. The van der Waals surface area contributed by atoms with Gasteiger partial charge in [0.1, 0.15) is 4.88 Å². The van der Waals surface area contributed by atoms with E-state index < -0.39 is 5.97 Å². The van der Waals surface area contributed by atoms with Gasteiger partial charge in [-0.1, -0.05) is 12.1 Å². The number of carboxylic acid groups (broad SMARTS) is 1. The molecule has 0 saturated carbocycles. The predicted molar refractivity (Wildman–Crippen MR) is 94.8 cm³/mol. The van der Waals surface area contributed by atoms with Crippen LogP contribution in [0.25, 0.3) is 0 Å². The first-order valence-electron chi connectivity index (χ1n) is 7.29. The average Bonchev–Trinajstić information content (AvgIpc) is 3.05. The smallest absolute Gasteiger partial charge is 0.345 e. The second kappa shape index (κ2) is 8.17. The van der Waals surface area contributed by atoms with Crippen molar-refractivity contribution < 1.29 is 14.7 Å². The van der Waals surface area contributed by atoms with E-state index >= 15 is 0 Å². The van der Waals surface area contributed by atoms with Gasteiger partial charge in [0.05, 0.1) is 5.56 Å². The van der Waals surface area contributed by atoms with Gasteiger partial charge in [0.15, 0.2) is 0 Å². The normalized spacial score (nSPS) is 10.5. The van der Waals surface area contributed by atoms with E-state index in [0.29, 0.717) is 18.7 Å². The molecular weight excluding hydrogens is 330 g/mol. The lowest BCUT2D eigenvalue weighted by Crippen LogP contribution is -2.32. The number of likely N-dealkylation sites (N-methyl/N-ethyl adjacent to an activating group) is 1. The molecule has 122 valence electrons. The van der Waals surface area contributed by atoms with Gasteiger partial charge in [0.25, 0.3) is 5.91 Å². The summed E-state index contributed by atoms with van der Waals surface area (Å²) in [5.74, 6) is -1.11. The van der Waals surface area contributed by atoms with Gasteiger partial charge in [-0.3, -0.25) is 4.79 Å². The fraction of sp³-hybridized carbons (Fsp3) is 0.294. The maximum absolute atomic E-state index is 12.5. The minimum Gasteiger partial charge on any atom is -0.477 e. The summed E-state index contributed by atoms with van der Waals surface area (Å²) in [6, 6.07) is 9.74. The van der Waals surface area contributed by atoms with Crippen molar-refractivity contribution in [2.75, 3.05) is 19.3 Å². The fourth-order valence-corrected chi connectivity index (χ4v) is 3.44. The Bertz CT molecular complexity index is 697. The van der Waals surface area contributed by atoms with Crippen LogP contribution in [0.15, 0.2) is 40.6 Å². The number of carbonyl (C=O) groups is 2. The molecule has 0 aliphatic rings. The number of carboxylic acids is 1. The van der Waals surface area contributed by atoms with Crippen LogP contribution >= 0.6 is 23.1 Å². The highest BCUT2D eigenvalue weighted by Gasteiger charge is 2.17. The summed E-state index contributed by atoms with van der Waals surface area (Å²) in [5, 5.41) is 10.6. The number of nitrogens with zero attached hydrogens (tertiary/aromatic N) is 1. The second-order valence-electron chi connectivity index (χ2n) is 4.99. The largest absolute Gasteiger partial charge is 0.477 e. The molecule has 0 unspecified atom stereocenters. The molecule has 0 radical (unpaired) electrons. The van der Waals surface area contributed by atoms with Crippen LogP contribution in [0.2, 0.25) is 0 Å². The van der Waals surface area contributed by atoms with E-state index in [0.717, 1.165) is 17.8 Å². The van der Waals surface area contributed by atoms with Gasteiger partial charge in [0, 0.05) is 23.4 Å². The van der Waals surface area contributed by atoms with Gasteiger partial charge in [-0.25, -0.2) is 4.79 Å². The quantitative estimate of drug-likeness (QED) is 0.771. The molecule has 1 N–H and O–H groups in total. The van der Waals surface area contributed by atoms with E-state index in [1.165, 1.54) is 16.5 Å². The number of thioether (sulfide) groups is 1. The molecular formula is C17H19NO3S2. The third-order valence-electron chi connectivity index (χ3n) is 3.53. The molecule has 0 bridgehead atoms. The van der Waals surface area contributed by atoms with Crippen molar-refractivity contribution in [2.45, 2.75) is 18.2 Å². The Morgan fingerprint density at radius 3 is 2.70 bits per heavy atom. The molecule has 0 spiro atoms. The molecule has 2 rings (SSSR count). The summed E-state index contributed by atoms with van der Waals surface area (Å²) in [6.07, 6.45) is 2.82. The van der Waals surface area contributed by atoms with Crippen LogP contribution < -0.4 is 0 Å². The molecule has 1 heterocycles. The van der Waals surface area contributed by atoms with Gasteiger partial charge in [-0.05, 0) is 43.4 Å². The number of hydrogen-bond acceptors (Lipinski definition) is 4. The van der Waals surface area contributed by atoms with Gasteiger partial charge in [0.2, 0.25) is 0 Å². The molecule has 1 aromatic carbocycles. The summed E-state index contributed by atoms with van der Waals surface area (Å²) >= 11 is 2.78. The molecule has 6 heteroatoms. The minimum atomic E-state index is -0.994. The predicted octanol–water partition coefficient (Wildman–Crippen LogP) is 3.87.